The third kappa shape index (κ3) is 5.92. The van der Waals surface area contributed by atoms with Crippen LogP contribution in [0.15, 0.2) is 73.8 Å². The zero-order valence-corrected chi connectivity index (χ0v) is 17.3. The number of hydrogen-bond acceptors (Lipinski definition) is 4. The molecule has 0 saturated carbocycles. The number of rotatable bonds is 11. The summed E-state index contributed by atoms with van der Waals surface area (Å²) in [5.41, 5.74) is 2.32. The maximum Gasteiger partial charge on any atom is 0.195 e. The fraction of sp³-hybridized carbons (Fsp3) is 0.280. The first-order valence-electron chi connectivity index (χ1n) is 9.75. The Morgan fingerprint density at radius 1 is 0.793 bits per heavy atom. The maximum absolute atomic E-state index is 11.6. The first kappa shape index (κ1) is 22.2. The van der Waals surface area contributed by atoms with Gasteiger partial charge in [0.25, 0.3) is 0 Å². The van der Waals surface area contributed by atoms with Crippen molar-refractivity contribution in [1.82, 2.24) is 0 Å². The van der Waals surface area contributed by atoms with Crippen LogP contribution in [-0.4, -0.2) is 23.8 Å². The molecule has 0 aliphatic carbocycles. The largest absolute Gasteiger partial charge is 0.483 e. The highest BCUT2D eigenvalue weighted by Gasteiger charge is 2.15. The highest BCUT2D eigenvalue weighted by Crippen LogP contribution is 2.30. The van der Waals surface area contributed by atoms with Crippen LogP contribution in [0.3, 0.4) is 0 Å². The van der Waals surface area contributed by atoms with Crippen LogP contribution >= 0.6 is 0 Å². The molecule has 0 aliphatic rings. The number of benzene rings is 2. The lowest BCUT2D eigenvalue weighted by Crippen LogP contribution is -2.21. The zero-order chi connectivity index (χ0) is 21.4. The van der Waals surface area contributed by atoms with E-state index in [1.165, 1.54) is 12.2 Å². The van der Waals surface area contributed by atoms with Gasteiger partial charge in [-0.15, -0.1) is 0 Å². The van der Waals surface area contributed by atoms with Crippen LogP contribution in [0, 0.1) is 0 Å². The smallest absolute Gasteiger partial charge is 0.195 e. The van der Waals surface area contributed by atoms with Crippen molar-refractivity contribution in [1.29, 1.82) is 0 Å². The summed E-state index contributed by atoms with van der Waals surface area (Å²) in [7, 11) is 0. The lowest BCUT2D eigenvalue weighted by molar-refractivity contribution is -0.120. The number of ketones is 2. The van der Waals surface area contributed by atoms with Crippen LogP contribution in [0.1, 0.15) is 44.2 Å². The van der Waals surface area contributed by atoms with Gasteiger partial charge in [-0.3, -0.25) is 9.59 Å². The van der Waals surface area contributed by atoms with Gasteiger partial charge in [0.05, 0.1) is 0 Å². The van der Waals surface area contributed by atoms with E-state index in [2.05, 4.69) is 20.1 Å². The molecule has 0 bridgehead atoms. The summed E-state index contributed by atoms with van der Waals surface area (Å²) in [4.78, 5) is 23.2. The molecule has 0 spiro atoms. The molecule has 2 unspecified atom stereocenters. The van der Waals surface area contributed by atoms with Crippen molar-refractivity contribution in [3.8, 4) is 11.5 Å². The van der Waals surface area contributed by atoms with E-state index >= 15 is 0 Å². The first-order valence-corrected chi connectivity index (χ1v) is 9.75. The standard InChI is InChI=1S/C25H28O4/c1-6-23(19-9-13-21(14-10-19)28-17(4)24(26)7-2)20-11-15-22(16-12-20)29-18(5)25(27)8-3/h7-18,23H,2-3,6H2,1,4-5H3. The summed E-state index contributed by atoms with van der Waals surface area (Å²) >= 11 is 0. The highest BCUT2D eigenvalue weighted by atomic mass is 16.5. The van der Waals surface area contributed by atoms with E-state index < -0.39 is 12.2 Å². The van der Waals surface area contributed by atoms with E-state index in [0.29, 0.717) is 11.5 Å². The van der Waals surface area contributed by atoms with Gasteiger partial charge < -0.3 is 9.47 Å². The minimum absolute atomic E-state index is 0.146. The average molecular weight is 392 g/mol. The van der Waals surface area contributed by atoms with Crippen molar-refractivity contribution >= 4 is 11.6 Å². The third-order valence-electron chi connectivity index (χ3n) is 4.80. The molecule has 0 heterocycles. The quantitative estimate of drug-likeness (QED) is 0.489. The molecule has 0 radical (unpaired) electrons. The average Bonchev–Trinajstić information content (AvgIpc) is 2.75. The fourth-order valence-electron chi connectivity index (χ4n) is 3.08. The Labute approximate surface area is 172 Å². The molecule has 0 saturated heterocycles. The van der Waals surface area contributed by atoms with Crippen molar-refractivity contribution in [2.75, 3.05) is 0 Å². The van der Waals surface area contributed by atoms with E-state index in [4.69, 9.17) is 9.47 Å². The lowest BCUT2D eigenvalue weighted by Gasteiger charge is -2.18. The molecule has 152 valence electrons. The molecule has 2 aromatic carbocycles. The van der Waals surface area contributed by atoms with Crippen molar-refractivity contribution < 1.29 is 19.1 Å². The summed E-state index contributed by atoms with van der Waals surface area (Å²) < 4.78 is 11.3. The molecule has 29 heavy (non-hydrogen) atoms. The van der Waals surface area contributed by atoms with E-state index in [9.17, 15) is 9.59 Å². The molecule has 4 heteroatoms. The summed E-state index contributed by atoms with van der Waals surface area (Å²) in [6.45, 7) is 12.5. The van der Waals surface area contributed by atoms with E-state index in [1.54, 1.807) is 13.8 Å². The van der Waals surface area contributed by atoms with E-state index in [1.807, 2.05) is 48.5 Å². The lowest BCUT2D eigenvalue weighted by atomic mass is 9.89. The van der Waals surface area contributed by atoms with Gasteiger partial charge in [0.15, 0.2) is 23.8 Å². The van der Waals surface area contributed by atoms with Crippen LogP contribution in [-0.2, 0) is 9.59 Å². The minimum atomic E-state index is -0.553. The van der Waals surface area contributed by atoms with Gasteiger partial charge in [-0.2, -0.15) is 0 Å². The van der Waals surface area contributed by atoms with Gasteiger partial charge in [-0.25, -0.2) is 0 Å². The molecule has 0 amide bonds. The molecule has 2 atom stereocenters. The monoisotopic (exact) mass is 392 g/mol. The van der Waals surface area contributed by atoms with Crippen LogP contribution in [0.4, 0.5) is 0 Å². The number of hydrogen-bond donors (Lipinski definition) is 0. The second-order valence-corrected chi connectivity index (χ2v) is 6.83. The Morgan fingerprint density at radius 2 is 1.14 bits per heavy atom. The Bertz CT molecular complexity index is 778. The molecule has 0 aromatic heterocycles. The molecular weight excluding hydrogens is 364 g/mol. The van der Waals surface area contributed by atoms with Crippen molar-refractivity contribution in [2.24, 2.45) is 0 Å². The molecule has 0 aliphatic heterocycles. The van der Waals surface area contributed by atoms with Crippen molar-refractivity contribution in [3.63, 3.8) is 0 Å². The molecule has 4 nitrogen and oxygen atoms in total. The Kier molecular flexibility index (Phi) is 7.96. The first-order chi connectivity index (χ1) is 13.9. The van der Waals surface area contributed by atoms with Crippen molar-refractivity contribution in [3.05, 3.63) is 85.0 Å². The Balaban J connectivity index is 2.10. The van der Waals surface area contributed by atoms with E-state index in [0.717, 1.165) is 17.5 Å². The predicted octanol–water partition coefficient (Wildman–Crippen LogP) is 5.27. The molecule has 0 N–H and O–H groups in total. The third-order valence-corrected chi connectivity index (χ3v) is 4.80. The summed E-state index contributed by atoms with van der Waals surface area (Å²) in [6.07, 6.45) is 2.37. The normalized spacial score (nSPS) is 13.6. The minimum Gasteiger partial charge on any atom is -0.483 e. The second kappa shape index (κ2) is 10.4. The predicted molar refractivity (Wildman–Crippen MR) is 116 cm³/mol. The van der Waals surface area contributed by atoms with Gasteiger partial charge in [0.2, 0.25) is 0 Å². The van der Waals surface area contributed by atoms with Crippen LogP contribution in [0.5, 0.6) is 11.5 Å². The van der Waals surface area contributed by atoms with Gasteiger partial charge in [-0.05, 0) is 67.8 Å². The van der Waals surface area contributed by atoms with Crippen LogP contribution in [0.25, 0.3) is 0 Å². The van der Waals surface area contributed by atoms with Crippen molar-refractivity contribution in [2.45, 2.75) is 45.3 Å². The summed E-state index contributed by atoms with van der Waals surface area (Å²) in [5.74, 6) is 1.23. The summed E-state index contributed by atoms with van der Waals surface area (Å²) in [5, 5.41) is 0. The second-order valence-electron chi connectivity index (χ2n) is 6.83. The molecule has 2 aromatic rings. The molecule has 2 rings (SSSR count). The highest BCUT2D eigenvalue weighted by molar-refractivity contribution is 5.93. The molecule has 0 fully saturated rings. The Hall–Kier alpha value is -3.14. The topological polar surface area (TPSA) is 52.6 Å². The van der Waals surface area contributed by atoms with Crippen LogP contribution in [0.2, 0.25) is 0 Å². The van der Waals surface area contributed by atoms with Gasteiger partial charge in [0, 0.05) is 5.92 Å². The van der Waals surface area contributed by atoms with Gasteiger partial charge in [0.1, 0.15) is 11.5 Å². The van der Waals surface area contributed by atoms with Gasteiger partial charge in [-0.1, -0.05) is 44.3 Å². The SMILES string of the molecule is C=CC(=O)C(C)Oc1ccc(C(CC)c2ccc(OC(C)C(=O)C=C)cc2)cc1. The number of ether oxygens (including phenoxy) is 2. The van der Waals surface area contributed by atoms with Gasteiger partial charge >= 0.3 is 0 Å². The number of carbonyl (C=O) groups excluding carboxylic acids is 2. The maximum atomic E-state index is 11.6. The number of carbonyl (C=O) groups is 2. The van der Waals surface area contributed by atoms with E-state index in [-0.39, 0.29) is 17.5 Å². The fourth-order valence-corrected chi connectivity index (χ4v) is 3.08. The van der Waals surface area contributed by atoms with Crippen LogP contribution < -0.4 is 9.47 Å². The molecular formula is C25H28O4. The summed E-state index contributed by atoms with van der Waals surface area (Å²) in [6, 6.07) is 15.6. The zero-order valence-electron chi connectivity index (χ0n) is 17.3. The Morgan fingerprint density at radius 3 is 1.41 bits per heavy atom.